The summed E-state index contributed by atoms with van der Waals surface area (Å²) in [7, 11) is -2.31. The number of methoxy groups -OCH3 is 1. The molecule has 1 aliphatic heterocycles. The zero-order valence-corrected chi connectivity index (χ0v) is 14.4. The SMILES string of the molecule is COC(=O)CCS(=O)(=O)C1(c2ccc(OC(C)C)cc2)COC1. The lowest BCUT2D eigenvalue weighted by atomic mass is 9.96. The summed E-state index contributed by atoms with van der Waals surface area (Å²) in [5, 5.41) is 0. The van der Waals surface area contributed by atoms with Crippen molar-refractivity contribution in [2.45, 2.75) is 31.1 Å². The van der Waals surface area contributed by atoms with Crippen LogP contribution in [0.5, 0.6) is 5.75 Å². The highest BCUT2D eigenvalue weighted by molar-refractivity contribution is 7.92. The van der Waals surface area contributed by atoms with E-state index in [0.717, 1.165) is 0 Å². The van der Waals surface area contributed by atoms with E-state index < -0.39 is 20.6 Å². The number of carbonyl (C=O) groups excluding carboxylic acids is 1. The van der Waals surface area contributed by atoms with Crippen LogP contribution in [0.25, 0.3) is 0 Å². The maximum absolute atomic E-state index is 12.7. The van der Waals surface area contributed by atoms with E-state index in [1.807, 2.05) is 13.8 Å². The quantitative estimate of drug-likeness (QED) is 0.702. The van der Waals surface area contributed by atoms with E-state index in [4.69, 9.17) is 9.47 Å². The molecule has 2 rings (SSSR count). The van der Waals surface area contributed by atoms with Gasteiger partial charge in [0.1, 0.15) is 10.5 Å². The van der Waals surface area contributed by atoms with E-state index in [1.54, 1.807) is 24.3 Å². The van der Waals surface area contributed by atoms with Crippen molar-refractivity contribution in [3.8, 4) is 5.75 Å². The largest absolute Gasteiger partial charge is 0.491 e. The van der Waals surface area contributed by atoms with Crippen LogP contribution in [-0.4, -0.2) is 46.6 Å². The Bertz CT molecular complexity index is 644. The number of sulfone groups is 1. The zero-order chi connectivity index (χ0) is 17.1. The van der Waals surface area contributed by atoms with Gasteiger partial charge in [0, 0.05) is 0 Å². The van der Waals surface area contributed by atoms with Gasteiger partial charge < -0.3 is 14.2 Å². The van der Waals surface area contributed by atoms with Crippen LogP contribution in [0.3, 0.4) is 0 Å². The van der Waals surface area contributed by atoms with Gasteiger partial charge in [0.2, 0.25) is 0 Å². The van der Waals surface area contributed by atoms with Crippen LogP contribution in [0.1, 0.15) is 25.8 Å². The topological polar surface area (TPSA) is 78.9 Å². The Balaban J connectivity index is 2.21. The molecule has 0 radical (unpaired) electrons. The average molecular weight is 342 g/mol. The van der Waals surface area contributed by atoms with E-state index >= 15 is 0 Å². The first-order valence-corrected chi connectivity index (χ1v) is 9.10. The van der Waals surface area contributed by atoms with Crippen molar-refractivity contribution in [1.82, 2.24) is 0 Å². The summed E-state index contributed by atoms with van der Waals surface area (Å²) in [5.41, 5.74) is 0.657. The lowest BCUT2D eigenvalue weighted by Crippen LogP contribution is -2.53. The number of esters is 1. The van der Waals surface area contributed by atoms with Crippen molar-refractivity contribution in [3.63, 3.8) is 0 Å². The molecule has 0 N–H and O–H groups in total. The van der Waals surface area contributed by atoms with Gasteiger partial charge in [-0.15, -0.1) is 0 Å². The number of ether oxygens (including phenoxy) is 3. The summed E-state index contributed by atoms with van der Waals surface area (Å²) < 4.78 is 39.6. The van der Waals surface area contributed by atoms with Gasteiger partial charge in [0.15, 0.2) is 9.84 Å². The molecule has 0 saturated carbocycles. The molecule has 0 bridgehead atoms. The molecular formula is C16H22O6S. The fourth-order valence-electron chi connectivity index (χ4n) is 2.44. The molecule has 0 atom stereocenters. The molecule has 6 nitrogen and oxygen atoms in total. The summed E-state index contributed by atoms with van der Waals surface area (Å²) in [4.78, 5) is 11.2. The summed E-state index contributed by atoms with van der Waals surface area (Å²) in [6.45, 7) is 4.04. The minimum absolute atomic E-state index is 0.0469. The molecular weight excluding hydrogens is 320 g/mol. The molecule has 128 valence electrons. The molecule has 1 aromatic rings. The number of benzene rings is 1. The third-order valence-corrected chi connectivity index (χ3v) is 6.22. The van der Waals surface area contributed by atoms with E-state index in [1.165, 1.54) is 7.11 Å². The van der Waals surface area contributed by atoms with Gasteiger partial charge in [0.05, 0.1) is 38.6 Å². The number of hydrogen-bond donors (Lipinski definition) is 0. The van der Waals surface area contributed by atoms with Crippen LogP contribution < -0.4 is 4.74 Å². The van der Waals surface area contributed by atoms with Crippen LogP contribution in [-0.2, 0) is 28.9 Å². The number of rotatable bonds is 7. The minimum Gasteiger partial charge on any atom is -0.491 e. The summed E-state index contributed by atoms with van der Waals surface area (Å²) in [5.74, 6) is -0.108. The lowest BCUT2D eigenvalue weighted by molar-refractivity contribution is -0.140. The van der Waals surface area contributed by atoms with Crippen LogP contribution in [0.2, 0.25) is 0 Å². The molecule has 1 aliphatic rings. The predicted molar refractivity (Wildman–Crippen MR) is 85.1 cm³/mol. The predicted octanol–water partition coefficient (Wildman–Crippen LogP) is 1.68. The lowest BCUT2D eigenvalue weighted by Gasteiger charge is -2.41. The molecule has 0 amide bonds. The molecule has 0 spiro atoms. The molecule has 1 fully saturated rings. The highest BCUT2D eigenvalue weighted by Gasteiger charge is 2.51. The van der Waals surface area contributed by atoms with Crippen LogP contribution in [0.4, 0.5) is 0 Å². The van der Waals surface area contributed by atoms with Gasteiger partial charge in [-0.25, -0.2) is 8.42 Å². The van der Waals surface area contributed by atoms with Crippen molar-refractivity contribution < 1.29 is 27.4 Å². The number of carbonyl (C=O) groups is 1. The fraction of sp³-hybridized carbons (Fsp3) is 0.562. The van der Waals surface area contributed by atoms with E-state index in [9.17, 15) is 13.2 Å². The Morgan fingerprint density at radius 3 is 2.30 bits per heavy atom. The summed E-state index contributed by atoms with van der Waals surface area (Å²) in [6.07, 6.45) is -0.111. The minimum atomic E-state index is -3.55. The molecule has 1 heterocycles. The van der Waals surface area contributed by atoms with Crippen LogP contribution >= 0.6 is 0 Å². The Morgan fingerprint density at radius 1 is 1.26 bits per heavy atom. The monoisotopic (exact) mass is 342 g/mol. The van der Waals surface area contributed by atoms with Crippen LogP contribution in [0.15, 0.2) is 24.3 Å². The first-order chi connectivity index (χ1) is 10.8. The maximum Gasteiger partial charge on any atom is 0.306 e. The Labute approximate surface area is 136 Å². The van der Waals surface area contributed by atoms with Crippen LogP contribution in [0, 0.1) is 0 Å². The zero-order valence-electron chi connectivity index (χ0n) is 13.6. The third kappa shape index (κ3) is 3.67. The molecule has 0 unspecified atom stereocenters. The first-order valence-electron chi connectivity index (χ1n) is 7.45. The smallest absolute Gasteiger partial charge is 0.306 e. The van der Waals surface area contributed by atoms with Gasteiger partial charge in [0.25, 0.3) is 0 Å². The first kappa shape index (κ1) is 17.7. The van der Waals surface area contributed by atoms with Crippen molar-refractivity contribution in [2.75, 3.05) is 26.1 Å². The Morgan fingerprint density at radius 2 is 1.87 bits per heavy atom. The van der Waals surface area contributed by atoms with Gasteiger partial charge in [-0.1, -0.05) is 12.1 Å². The van der Waals surface area contributed by atoms with Crippen molar-refractivity contribution in [3.05, 3.63) is 29.8 Å². The molecule has 1 saturated heterocycles. The van der Waals surface area contributed by atoms with E-state index in [2.05, 4.69) is 4.74 Å². The van der Waals surface area contributed by atoms with E-state index in [-0.39, 0.29) is 31.5 Å². The molecule has 1 aromatic carbocycles. The average Bonchev–Trinajstić information content (AvgIpc) is 2.44. The normalized spacial score (nSPS) is 16.7. The molecule has 7 heteroatoms. The third-order valence-electron chi connectivity index (χ3n) is 3.82. The highest BCUT2D eigenvalue weighted by atomic mass is 32.2. The fourth-order valence-corrected chi connectivity index (χ4v) is 4.28. The molecule has 0 aliphatic carbocycles. The van der Waals surface area contributed by atoms with E-state index in [0.29, 0.717) is 11.3 Å². The summed E-state index contributed by atoms with van der Waals surface area (Å²) in [6, 6.07) is 7.00. The highest BCUT2D eigenvalue weighted by Crippen LogP contribution is 2.39. The second kappa shape index (κ2) is 6.88. The van der Waals surface area contributed by atoms with Gasteiger partial charge in [-0.2, -0.15) is 0 Å². The Hall–Kier alpha value is -1.60. The van der Waals surface area contributed by atoms with Crippen molar-refractivity contribution in [1.29, 1.82) is 0 Å². The number of hydrogen-bond acceptors (Lipinski definition) is 6. The van der Waals surface area contributed by atoms with Gasteiger partial charge >= 0.3 is 5.97 Å². The standard InChI is InChI=1S/C16H22O6S/c1-12(2)22-14-6-4-13(5-7-14)16(10-21-11-16)23(18,19)9-8-15(17)20-3/h4-7,12H,8-11H2,1-3H3. The second-order valence-corrected chi connectivity index (χ2v) is 8.24. The molecule has 0 aromatic heterocycles. The second-order valence-electron chi connectivity index (χ2n) is 5.82. The van der Waals surface area contributed by atoms with Crippen molar-refractivity contribution >= 4 is 15.8 Å². The molecule has 23 heavy (non-hydrogen) atoms. The Kier molecular flexibility index (Phi) is 5.31. The maximum atomic E-state index is 12.7. The van der Waals surface area contributed by atoms with Gasteiger partial charge in [-0.05, 0) is 31.5 Å². The van der Waals surface area contributed by atoms with Gasteiger partial charge in [-0.3, -0.25) is 4.79 Å². The summed E-state index contributed by atoms with van der Waals surface area (Å²) >= 11 is 0. The van der Waals surface area contributed by atoms with Crippen molar-refractivity contribution in [2.24, 2.45) is 0 Å².